The van der Waals surface area contributed by atoms with Crippen molar-refractivity contribution in [2.24, 2.45) is 11.8 Å². The molecule has 0 aromatic rings. The third-order valence-corrected chi connectivity index (χ3v) is 9.22. The van der Waals surface area contributed by atoms with Crippen molar-refractivity contribution in [3.05, 3.63) is 0 Å². The van der Waals surface area contributed by atoms with E-state index in [1.807, 2.05) is 0 Å². The predicted molar refractivity (Wildman–Crippen MR) is 201 cm³/mol. The minimum Gasteiger partial charge on any atom is -0.462 e. The van der Waals surface area contributed by atoms with Crippen LogP contribution in [0.4, 0.5) is 0 Å². The summed E-state index contributed by atoms with van der Waals surface area (Å²) in [5, 5.41) is 0. The minimum atomic E-state index is -0.760. The van der Waals surface area contributed by atoms with Crippen LogP contribution in [-0.2, 0) is 28.6 Å². The summed E-state index contributed by atoms with van der Waals surface area (Å²) in [5.74, 6) is 0.650. The molecule has 0 amide bonds. The Morgan fingerprint density at radius 2 is 0.688 bits per heavy atom. The van der Waals surface area contributed by atoms with Gasteiger partial charge in [-0.25, -0.2) is 0 Å². The zero-order valence-electron chi connectivity index (χ0n) is 32.6. The highest BCUT2D eigenvalue weighted by Gasteiger charge is 2.19. The second kappa shape index (κ2) is 35.2. The third-order valence-electron chi connectivity index (χ3n) is 9.22. The van der Waals surface area contributed by atoms with Crippen LogP contribution in [-0.4, -0.2) is 37.2 Å². The van der Waals surface area contributed by atoms with Crippen molar-refractivity contribution < 1.29 is 28.6 Å². The number of hydrogen-bond donors (Lipinski definition) is 0. The summed E-state index contributed by atoms with van der Waals surface area (Å²) >= 11 is 0. The van der Waals surface area contributed by atoms with Gasteiger partial charge in [0.15, 0.2) is 6.10 Å². The first-order valence-electron chi connectivity index (χ1n) is 20.7. The van der Waals surface area contributed by atoms with Crippen LogP contribution < -0.4 is 0 Å². The Morgan fingerprint density at radius 3 is 1.02 bits per heavy atom. The normalized spacial score (nSPS) is 12.1. The molecule has 0 unspecified atom stereocenters. The van der Waals surface area contributed by atoms with Crippen LogP contribution >= 0.6 is 0 Å². The molecule has 0 fully saturated rings. The Bertz CT molecular complexity index is 734. The van der Waals surface area contributed by atoms with Crippen molar-refractivity contribution >= 4 is 17.9 Å². The van der Waals surface area contributed by atoms with Gasteiger partial charge in [0, 0.05) is 19.3 Å². The van der Waals surface area contributed by atoms with Crippen LogP contribution in [0.3, 0.4) is 0 Å². The maximum Gasteiger partial charge on any atom is 0.306 e. The molecule has 6 nitrogen and oxygen atoms in total. The quantitative estimate of drug-likeness (QED) is 0.0372. The highest BCUT2D eigenvalue weighted by Crippen LogP contribution is 2.15. The lowest BCUT2D eigenvalue weighted by molar-refractivity contribution is -0.167. The van der Waals surface area contributed by atoms with Gasteiger partial charge in [0.1, 0.15) is 13.2 Å². The fraction of sp³-hybridized carbons (Fsp3) is 0.929. The highest BCUT2D eigenvalue weighted by molar-refractivity contribution is 5.71. The maximum atomic E-state index is 12.6. The van der Waals surface area contributed by atoms with Crippen LogP contribution in [0, 0.1) is 11.8 Å². The second-order valence-electron chi connectivity index (χ2n) is 15.2. The smallest absolute Gasteiger partial charge is 0.306 e. The average molecular weight is 681 g/mol. The molecule has 0 saturated carbocycles. The van der Waals surface area contributed by atoms with Gasteiger partial charge in [-0.3, -0.25) is 14.4 Å². The van der Waals surface area contributed by atoms with E-state index in [0.29, 0.717) is 19.3 Å². The van der Waals surface area contributed by atoms with Gasteiger partial charge >= 0.3 is 17.9 Å². The molecule has 0 heterocycles. The van der Waals surface area contributed by atoms with Crippen molar-refractivity contribution in [2.45, 2.75) is 227 Å². The van der Waals surface area contributed by atoms with E-state index in [0.717, 1.165) is 69.6 Å². The third kappa shape index (κ3) is 35.7. The molecule has 284 valence electrons. The fourth-order valence-corrected chi connectivity index (χ4v) is 6.05. The van der Waals surface area contributed by atoms with Gasteiger partial charge in [0.05, 0.1) is 0 Å². The Labute approximate surface area is 298 Å². The van der Waals surface area contributed by atoms with Crippen molar-refractivity contribution in [1.82, 2.24) is 0 Å². The Morgan fingerprint density at radius 1 is 0.396 bits per heavy atom. The molecular formula is C42H80O6. The molecule has 0 aliphatic carbocycles. The molecule has 0 radical (unpaired) electrons. The number of rotatable bonds is 36. The van der Waals surface area contributed by atoms with Crippen LogP contribution in [0.5, 0.6) is 0 Å². The topological polar surface area (TPSA) is 78.9 Å². The first-order chi connectivity index (χ1) is 23.2. The lowest BCUT2D eigenvalue weighted by Crippen LogP contribution is -2.30. The predicted octanol–water partition coefficient (Wildman–Crippen LogP) is 12.6. The van der Waals surface area contributed by atoms with Gasteiger partial charge in [-0.1, -0.05) is 182 Å². The molecule has 0 rings (SSSR count). The lowest BCUT2D eigenvalue weighted by atomic mass is 10.0. The summed E-state index contributed by atoms with van der Waals surface area (Å²) in [7, 11) is 0. The standard InChI is InChI=1S/C42H80O6/c1-6-7-8-9-10-11-12-13-14-15-22-27-32-40(43)46-35-39(48-42(45)34-29-24-19-17-21-26-31-38(4)5)36-47-41(44)33-28-23-18-16-20-25-30-37(2)3/h37-39H,6-36H2,1-5H3/t39-/m1/s1. The van der Waals surface area contributed by atoms with E-state index in [1.54, 1.807) is 0 Å². The number of unbranched alkanes of at least 4 members (excludes halogenated alkanes) is 21. The number of ether oxygens (including phenoxy) is 3. The Hall–Kier alpha value is -1.59. The van der Waals surface area contributed by atoms with E-state index >= 15 is 0 Å². The van der Waals surface area contributed by atoms with E-state index in [-0.39, 0.29) is 31.1 Å². The number of carbonyl (C=O) groups excluding carboxylic acids is 3. The van der Waals surface area contributed by atoms with Gasteiger partial charge in [0.2, 0.25) is 0 Å². The van der Waals surface area contributed by atoms with E-state index in [4.69, 9.17) is 14.2 Å². The molecule has 0 saturated heterocycles. The van der Waals surface area contributed by atoms with Crippen LogP contribution in [0.2, 0.25) is 0 Å². The van der Waals surface area contributed by atoms with E-state index < -0.39 is 6.10 Å². The summed E-state index contributed by atoms with van der Waals surface area (Å²) in [6, 6.07) is 0. The van der Waals surface area contributed by atoms with Gasteiger partial charge in [-0.15, -0.1) is 0 Å². The summed E-state index contributed by atoms with van der Waals surface area (Å²) in [4.78, 5) is 37.5. The maximum absolute atomic E-state index is 12.6. The monoisotopic (exact) mass is 681 g/mol. The summed E-state index contributed by atoms with van der Waals surface area (Å²) in [6.07, 6.45) is 31.1. The Kier molecular flexibility index (Phi) is 34.1. The molecule has 0 bridgehead atoms. The summed E-state index contributed by atoms with van der Waals surface area (Å²) in [6.45, 7) is 11.2. The van der Waals surface area contributed by atoms with Crippen LogP contribution in [0.1, 0.15) is 221 Å². The molecule has 0 aromatic heterocycles. The average Bonchev–Trinajstić information content (AvgIpc) is 3.05. The first-order valence-corrected chi connectivity index (χ1v) is 20.7. The fourth-order valence-electron chi connectivity index (χ4n) is 6.05. The lowest BCUT2D eigenvalue weighted by Gasteiger charge is -2.18. The minimum absolute atomic E-state index is 0.0671. The molecule has 0 aromatic carbocycles. The molecule has 48 heavy (non-hydrogen) atoms. The zero-order chi connectivity index (χ0) is 35.5. The van der Waals surface area contributed by atoms with Crippen molar-refractivity contribution in [3.8, 4) is 0 Å². The van der Waals surface area contributed by atoms with Gasteiger partial charge < -0.3 is 14.2 Å². The summed E-state index contributed by atoms with van der Waals surface area (Å²) in [5.41, 5.74) is 0. The molecule has 6 heteroatoms. The van der Waals surface area contributed by atoms with E-state index in [1.165, 1.54) is 109 Å². The van der Waals surface area contributed by atoms with Gasteiger partial charge in [-0.2, -0.15) is 0 Å². The number of esters is 3. The number of hydrogen-bond acceptors (Lipinski definition) is 6. The largest absolute Gasteiger partial charge is 0.462 e. The summed E-state index contributed by atoms with van der Waals surface area (Å²) < 4.78 is 16.6. The molecule has 1 atom stereocenters. The molecule has 0 aliphatic heterocycles. The Balaban J connectivity index is 4.33. The van der Waals surface area contributed by atoms with E-state index in [9.17, 15) is 14.4 Å². The molecule has 0 aliphatic rings. The first kappa shape index (κ1) is 46.4. The van der Waals surface area contributed by atoms with Crippen molar-refractivity contribution in [2.75, 3.05) is 13.2 Å². The zero-order valence-corrected chi connectivity index (χ0v) is 32.6. The molecular weight excluding hydrogens is 600 g/mol. The molecule has 0 N–H and O–H groups in total. The molecule has 0 spiro atoms. The van der Waals surface area contributed by atoms with Gasteiger partial charge in [0.25, 0.3) is 0 Å². The van der Waals surface area contributed by atoms with Crippen LogP contribution in [0.25, 0.3) is 0 Å². The second-order valence-corrected chi connectivity index (χ2v) is 15.2. The highest BCUT2D eigenvalue weighted by atomic mass is 16.6. The van der Waals surface area contributed by atoms with E-state index in [2.05, 4.69) is 34.6 Å². The van der Waals surface area contributed by atoms with Crippen molar-refractivity contribution in [1.29, 1.82) is 0 Å². The van der Waals surface area contributed by atoms with Crippen LogP contribution in [0.15, 0.2) is 0 Å². The number of carbonyl (C=O) groups is 3. The van der Waals surface area contributed by atoms with Gasteiger partial charge in [-0.05, 0) is 31.1 Å². The van der Waals surface area contributed by atoms with Crippen molar-refractivity contribution in [3.63, 3.8) is 0 Å². The SMILES string of the molecule is CCCCCCCCCCCCCCC(=O)OC[C@H](COC(=O)CCCCCCCCC(C)C)OC(=O)CCCCCCCCC(C)C.